The van der Waals surface area contributed by atoms with Crippen LogP contribution in [0.1, 0.15) is 73.3 Å². The van der Waals surface area contributed by atoms with Crippen molar-refractivity contribution in [1.29, 1.82) is 0 Å². The summed E-state index contributed by atoms with van der Waals surface area (Å²) in [5.41, 5.74) is 0.668. The number of carbonyl (C=O) groups excluding carboxylic acids is 2. The van der Waals surface area contributed by atoms with E-state index in [0.717, 1.165) is 18.6 Å². The Morgan fingerprint density at radius 2 is 1.68 bits per heavy atom. The average molecular weight is 656 g/mol. The lowest BCUT2D eigenvalue weighted by Crippen LogP contribution is -2.28. The lowest BCUT2D eigenvalue weighted by Gasteiger charge is -2.22. The number of ether oxygens (including phenoxy) is 5. The molecule has 10 heteroatoms. The molecule has 1 amide bonds. The zero-order chi connectivity index (χ0) is 32.6. The summed E-state index contributed by atoms with van der Waals surface area (Å²) < 4.78 is 28.8. The van der Waals surface area contributed by atoms with Crippen LogP contribution in [-0.2, 0) is 35.0 Å². The molecule has 44 heavy (non-hydrogen) atoms. The fraction of sp³-hybridized carbons (Fsp3) is 0.706. The van der Waals surface area contributed by atoms with Crippen LogP contribution in [0.15, 0.2) is 36.4 Å². The summed E-state index contributed by atoms with van der Waals surface area (Å²) in [6.07, 6.45) is 6.92. The smallest absolute Gasteiger partial charge is 0.246 e. The Morgan fingerprint density at radius 1 is 0.955 bits per heavy atom. The molecular weight excluding hydrogens is 599 g/mol. The first-order chi connectivity index (χ1) is 20.9. The lowest BCUT2D eigenvalue weighted by molar-refractivity contribution is -0.126. The maximum atomic E-state index is 12.5. The molecule has 1 aromatic carbocycles. The number of hydrogen-bond donors (Lipinski definition) is 1. The molecule has 0 heterocycles. The van der Waals surface area contributed by atoms with Gasteiger partial charge in [-0.05, 0) is 42.4 Å². The minimum atomic E-state index is -0.237. The SMILES string of the molecule is CC(C)/C=C/CNC(=O)COCCO[C@@H](COc1cccc(CC(=O)CCOCCOCCCC(C)C)c1)SSC(C)(C)C. The van der Waals surface area contributed by atoms with E-state index in [4.69, 9.17) is 23.7 Å². The highest BCUT2D eigenvalue weighted by atomic mass is 33.1. The first-order valence-corrected chi connectivity index (χ1v) is 18.0. The number of hydrogen-bond acceptors (Lipinski definition) is 9. The number of nitrogens with one attached hydrogen (secondary N) is 1. The third-order valence-corrected chi connectivity index (χ3v) is 9.28. The maximum Gasteiger partial charge on any atom is 0.246 e. The molecule has 1 N–H and O–H groups in total. The molecule has 0 saturated heterocycles. The van der Waals surface area contributed by atoms with Crippen LogP contribution in [0.5, 0.6) is 5.75 Å². The van der Waals surface area contributed by atoms with Crippen LogP contribution >= 0.6 is 21.6 Å². The average Bonchev–Trinajstić information content (AvgIpc) is 2.94. The summed E-state index contributed by atoms with van der Waals surface area (Å²) in [5.74, 6) is 1.81. The topological polar surface area (TPSA) is 92.3 Å². The van der Waals surface area contributed by atoms with Crippen molar-refractivity contribution in [2.24, 2.45) is 11.8 Å². The van der Waals surface area contributed by atoms with E-state index in [1.807, 2.05) is 36.4 Å². The molecule has 1 atom stereocenters. The van der Waals surface area contributed by atoms with Gasteiger partial charge in [-0.3, -0.25) is 9.59 Å². The number of benzene rings is 1. The van der Waals surface area contributed by atoms with Crippen molar-refractivity contribution in [3.05, 3.63) is 42.0 Å². The Labute approximate surface area is 274 Å². The number of allylic oxidation sites excluding steroid dienone is 1. The summed E-state index contributed by atoms with van der Waals surface area (Å²) in [6, 6.07) is 7.62. The van der Waals surface area contributed by atoms with Gasteiger partial charge in [0, 0.05) is 30.7 Å². The van der Waals surface area contributed by atoms with Gasteiger partial charge in [0.15, 0.2) is 0 Å². The molecule has 0 fully saturated rings. The van der Waals surface area contributed by atoms with E-state index >= 15 is 0 Å². The highest BCUT2D eigenvalue weighted by Gasteiger charge is 2.18. The van der Waals surface area contributed by atoms with Crippen LogP contribution in [0.25, 0.3) is 0 Å². The zero-order valence-electron chi connectivity index (χ0n) is 28.1. The summed E-state index contributed by atoms with van der Waals surface area (Å²) in [5, 5.41) is 2.80. The van der Waals surface area contributed by atoms with Crippen molar-refractivity contribution in [2.45, 2.75) is 84.3 Å². The number of carbonyl (C=O) groups is 2. The van der Waals surface area contributed by atoms with Gasteiger partial charge in [-0.15, -0.1) is 0 Å². The van der Waals surface area contributed by atoms with Crippen molar-refractivity contribution >= 4 is 33.3 Å². The van der Waals surface area contributed by atoms with Crippen molar-refractivity contribution in [3.8, 4) is 5.75 Å². The van der Waals surface area contributed by atoms with E-state index in [9.17, 15) is 9.59 Å². The maximum absolute atomic E-state index is 12.5. The summed E-state index contributed by atoms with van der Waals surface area (Å²) >= 11 is 0. The molecule has 8 nitrogen and oxygen atoms in total. The van der Waals surface area contributed by atoms with Gasteiger partial charge in [-0.2, -0.15) is 0 Å². The Kier molecular flexibility index (Phi) is 22.7. The van der Waals surface area contributed by atoms with Crippen LogP contribution in [0, 0.1) is 11.8 Å². The Bertz CT molecular complexity index is 934. The normalized spacial score (nSPS) is 12.8. The first kappa shape index (κ1) is 40.5. The standard InChI is InChI=1S/C34H57NO7S2/c1-27(2)11-9-16-35-32(37)25-40-21-22-41-33(43-44-34(5,6)7)26-42-31-14-8-13-29(24-31)23-30(36)15-18-39-20-19-38-17-10-12-28(3)4/h8-9,11,13-14,24,27-28,33H,10,12,15-23,25-26H2,1-7H3,(H,35,37)/b11-9+/t33-/m1/s1. The largest absolute Gasteiger partial charge is 0.490 e. The molecule has 0 bridgehead atoms. The van der Waals surface area contributed by atoms with Crippen LogP contribution in [0.2, 0.25) is 0 Å². The molecule has 0 spiro atoms. The Morgan fingerprint density at radius 3 is 2.39 bits per heavy atom. The first-order valence-electron chi connectivity index (χ1n) is 15.8. The second kappa shape index (κ2) is 24.6. The van der Waals surface area contributed by atoms with E-state index in [1.54, 1.807) is 21.6 Å². The zero-order valence-corrected chi connectivity index (χ0v) is 29.7. The quantitative estimate of drug-likeness (QED) is 0.0495. The molecular formula is C34H57NO7S2. The van der Waals surface area contributed by atoms with Crippen molar-refractivity contribution in [3.63, 3.8) is 0 Å². The van der Waals surface area contributed by atoms with E-state index in [-0.39, 0.29) is 28.5 Å². The number of ketones is 1. The third kappa shape index (κ3) is 24.7. The van der Waals surface area contributed by atoms with Gasteiger partial charge in [0.2, 0.25) is 5.91 Å². The minimum absolute atomic E-state index is 0.00541. The fourth-order valence-electron chi connectivity index (χ4n) is 3.60. The Balaban J connectivity index is 2.38. The molecule has 0 unspecified atom stereocenters. The highest BCUT2D eigenvalue weighted by molar-refractivity contribution is 8.77. The summed E-state index contributed by atoms with van der Waals surface area (Å²) in [6.45, 7) is 18.7. The lowest BCUT2D eigenvalue weighted by atomic mass is 10.1. The van der Waals surface area contributed by atoms with E-state index < -0.39 is 0 Å². The molecule has 0 aromatic heterocycles. The van der Waals surface area contributed by atoms with Gasteiger partial charge in [-0.1, -0.05) is 94.3 Å². The van der Waals surface area contributed by atoms with Gasteiger partial charge in [-0.25, -0.2) is 0 Å². The molecule has 0 aliphatic rings. The second-order valence-electron chi connectivity index (χ2n) is 12.3. The molecule has 1 rings (SSSR count). The fourth-order valence-corrected chi connectivity index (χ4v) is 5.79. The van der Waals surface area contributed by atoms with Gasteiger partial charge >= 0.3 is 0 Å². The van der Waals surface area contributed by atoms with Crippen LogP contribution < -0.4 is 10.1 Å². The molecule has 0 aliphatic carbocycles. The van der Waals surface area contributed by atoms with E-state index in [0.29, 0.717) is 76.6 Å². The van der Waals surface area contributed by atoms with Crippen molar-refractivity contribution in [2.75, 3.05) is 59.4 Å². The number of Topliss-reactive ketones (excluding diaryl/α,β-unsaturated/α-hetero) is 1. The molecule has 0 radical (unpaired) electrons. The Hall–Kier alpha value is -1.56. The summed E-state index contributed by atoms with van der Waals surface area (Å²) in [7, 11) is 3.33. The highest BCUT2D eigenvalue weighted by Crippen LogP contribution is 2.38. The minimum Gasteiger partial charge on any atom is -0.490 e. The van der Waals surface area contributed by atoms with Gasteiger partial charge in [0.05, 0.1) is 33.0 Å². The number of rotatable bonds is 26. The predicted molar refractivity (Wildman–Crippen MR) is 183 cm³/mol. The van der Waals surface area contributed by atoms with Gasteiger partial charge in [0.1, 0.15) is 30.2 Å². The van der Waals surface area contributed by atoms with Crippen molar-refractivity contribution in [1.82, 2.24) is 5.32 Å². The molecule has 252 valence electrons. The molecule has 0 aliphatic heterocycles. The molecule has 1 aromatic rings. The summed E-state index contributed by atoms with van der Waals surface area (Å²) in [4.78, 5) is 24.4. The number of amides is 1. The second-order valence-corrected chi connectivity index (χ2v) is 15.5. The molecule has 0 saturated carbocycles. The third-order valence-electron chi connectivity index (χ3n) is 5.76. The van der Waals surface area contributed by atoms with Crippen LogP contribution in [0.3, 0.4) is 0 Å². The van der Waals surface area contributed by atoms with Crippen LogP contribution in [-0.4, -0.2) is 81.3 Å². The van der Waals surface area contributed by atoms with Gasteiger partial charge < -0.3 is 29.0 Å². The van der Waals surface area contributed by atoms with E-state index in [1.165, 1.54) is 6.42 Å². The monoisotopic (exact) mass is 655 g/mol. The van der Waals surface area contributed by atoms with E-state index in [2.05, 4.69) is 53.8 Å². The van der Waals surface area contributed by atoms with Gasteiger partial charge in [0.25, 0.3) is 0 Å². The van der Waals surface area contributed by atoms with Crippen LogP contribution in [0.4, 0.5) is 0 Å². The van der Waals surface area contributed by atoms with Crippen molar-refractivity contribution < 1.29 is 33.3 Å². The predicted octanol–water partition coefficient (Wildman–Crippen LogP) is 6.90.